The van der Waals surface area contributed by atoms with E-state index in [-0.39, 0.29) is 0 Å². The van der Waals surface area contributed by atoms with Crippen LogP contribution in [0.5, 0.6) is 0 Å². The molecule has 0 aliphatic carbocycles. The van der Waals surface area contributed by atoms with Crippen LogP contribution in [0.2, 0.25) is 0 Å². The van der Waals surface area contributed by atoms with E-state index in [9.17, 15) is 0 Å². The molecule has 1 aliphatic heterocycles. The van der Waals surface area contributed by atoms with Gasteiger partial charge in [0.15, 0.2) is 0 Å². The minimum Gasteiger partial charge on any atom is -0.383 e. The average Bonchev–Trinajstić information content (AvgIpc) is 3.10. The molecule has 7 nitrogen and oxygen atoms in total. The fourth-order valence-electron chi connectivity index (χ4n) is 3.37. The summed E-state index contributed by atoms with van der Waals surface area (Å²) in [4.78, 5) is 12.7. The summed E-state index contributed by atoms with van der Waals surface area (Å²) in [6.07, 6.45) is 5.66. The summed E-state index contributed by atoms with van der Waals surface area (Å²) in [6.45, 7) is 2.94. The van der Waals surface area contributed by atoms with Crippen molar-refractivity contribution in [1.82, 2.24) is 20.3 Å². The largest absolute Gasteiger partial charge is 0.383 e. The van der Waals surface area contributed by atoms with Gasteiger partial charge >= 0.3 is 0 Å². The molecule has 1 aliphatic rings. The third kappa shape index (κ3) is 3.91. The Morgan fingerprint density at radius 3 is 2.93 bits per heavy atom. The molecule has 140 valence electrons. The van der Waals surface area contributed by atoms with E-state index in [4.69, 9.17) is 11.1 Å². The summed E-state index contributed by atoms with van der Waals surface area (Å²) in [5.74, 6) is 1.57. The Kier molecular flexibility index (Phi) is 5.26. The van der Waals surface area contributed by atoms with Crippen molar-refractivity contribution < 1.29 is 0 Å². The highest BCUT2D eigenvalue weighted by Crippen LogP contribution is 2.33. The number of nitrogen functional groups attached to an aromatic ring is 1. The second-order valence-electron chi connectivity index (χ2n) is 6.69. The molecule has 0 amide bonds. The zero-order chi connectivity index (χ0) is 18.6. The van der Waals surface area contributed by atoms with Crippen molar-refractivity contribution in [1.29, 1.82) is 5.41 Å². The summed E-state index contributed by atoms with van der Waals surface area (Å²) >= 11 is 1.36. The molecule has 0 atom stereocenters. The highest BCUT2D eigenvalue weighted by atomic mass is 32.2. The van der Waals surface area contributed by atoms with E-state index in [0.717, 1.165) is 48.3 Å². The average molecular weight is 382 g/mol. The maximum atomic E-state index is 8.62. The van der Waals surface area contributed by atoms with E-state index in [1.165, 1.54) is 18.1 Å². The van der Waals surface area contributed by atoms with Gasteiger partial charge in [0.25, 0.3) is 0 Å². The molecule has 4 rings (SSSR count). The quantitative estimate of drug-likeness (QED) is 0.263. The molecule has 0 radical (unpaired) electrons. The molecule has 2 aromatic heterocycles. The first-order valence-electron chi connectivity index (χ1n) is 9.10. The molecule has 27 heavy (non-hydrogen) atoms. The van der Waals surface area contributed by atoms with Gasteiger partial charge in [0, 0.05) is 28.5 Å². The Labute approximate surface area is 162 Å². The maximum absolute atomic E-state index is 8.62. The van der Waals surface area contributed by atoms with Crippen molar-refractivity contribution in [3.63, 3.8) is 0 Å². The minimum atomic E-state index is 0.329. The number of piperidine rings is 1. The second kappa shape index (κ2) is 7.98. The van der Waals surface area contributed by atoms with Gasteiger partial charge in [-0.15, -0.1) is 0 Å². The lowest BCUT2D eigenvalue weighted by atomic mass is 9.98. The van der Waals surface area contributed by atoms with E-state index in [1.807, 2.05) is 30.5 Å². The third-order valence-corrected chi connectivity index (χ3v) is 5.85. The van der Waals surface area contributed by atoms with Gasteiger partial charge in [-0.2, -0.15) is 0 Å². The van der Waals surface area contributed by atoms with Gasteiger partial charge in [-0.3, -0.25) is 5.41 Å². The maximum Gasteiger partial charge on any atom is 0.141 e. The lowest BCUT2D eigenvalue weighted by Gasteiger charge is -2.23. The molecule has 1 fully saturated rings. The predicted octanol–water partition coefficient (Wildman–Crippen LogP) is 3.07. The molecule has 1 aromatic carbocycles. The fourth-order valence-corrected chi connectivity index (χ4v) is 4.30. The number of H-pyrrole nitrogens is 1. The molecule has 3 heterocycles. The van der Waals surface area contributed by atoms with Crippen LogP contribution in [0.25, 0.3) is 10.9 Å². The highest BCUT2D eigenvalue weighted by Gasteiger charge is 2.19. The summed E-state index contributed by atoms with van der Waals surface area (Å²) in [5, 5.41) is 16.8. The Morgan fingerprint density at radius 1 is 1.26 bits per heavy atom. The van der Waals surface area contributed by atoms with Gasteiger partial charge in [0.2, 0.25) is 0 Å². The number of fused-ring (bicyclic) bond motifs is 1. The molecule has 3 aromatic rings. The van der Waals surface area contributed by atoms with Crippen LogP contribution in [0.15, 0.2) is 41.7 Å². The Hall–Kier alpha value is -2.58. The van der Waals surface area contributed by atoms with E-state index in [1.54, 1.807) is 0 Å². The zero-order valence-corrected chi connectivity index (χ0v) is 15.8. The number of thioether (sulfide) groups is 1. The van der Waals surface area contributed by atoms with E-state index in [0.29, 0.717) is 28.2 Å². The predicted molar refractivity (Wildman–Crippen MR) is 112 cm³/mol. The van der Waals surface area contributed by atoms with Crippen LogP contribution < -0.4 is 16.4 Å². The standard InChI is InChI=1S/C19H23N7S/c20-17-16(18(21)27-15-10-23-14-4-2-1-3-13(14)15)19(26-11-25-17)24-9-12-5-7-22-8-6-12/h1-4,10-12,21-23H,5-9H2,(H3,20,24,25,26). The highest BCUT2D eigenvalue weighted by molar-refractivity contribution is 8.14. The van der Waals surface area contributed by atoms with Gasteiger partial charge < -0.3 is 21.4 Å². The lowest BCUT2D eigenvalue weighted by molar-refractivity contribution is 0.389. The molecular formula is C19H23N7S. The Morgan fingerprint density at radius 2 is 2.07 bits per heavy atom. The van der Waals surface area contributed by atoms with Crippen LogP contribution in [0, 0.1) is 11.3 Å². The van der Waals surface area contributed by atoms with Gasteiger partial charge in [-0.1, -0.05) is 30.0 Å². The number of nitrogens with zero attached hydrogens (tertiary/aromatic N) is 2. The summed E-state index contributed by atoms with van der Waals surface area (Å²) in [5.41, 5.74) is 7.73. The van der Waals surface area contributed by atoms with Crippen LogP contribution >= 0.6 is 11.8 Å². The van der Waals surface area contributed by atoms with Crippen LogP contribution in [-0.4, -0.2) is 39.6 Å². The van der Waals surface area contributed by atoms with E-state index in [2.05, 4.69) is 25.6 Å². The van der Waals surface area contributed by atoms with Gasteiger partial charge in [-0.25, -0.2) is 9.97 Å². The number of nitrogens with one attached hydrogen (secondary N) is 4. The van der Waals surface area contributed by atoms with Crippen LogP contribution in [0.1, 0.15) is 18.4 Å². The Bertz CT molecular complexity index is 946. The number of rotatable bonds is 5. The fraction of sp³-hybridized carbons (Fsp3) is 0.316. The summed E-state index contributed by atoms with van der Waals surface area (Å²) in [7, 11) is 0. The van der Waals surface area contributed by atoms with Crippen LogP contribution in [0.4, 0.5) is 11.6 Å². The number of aromatic nitrogens is 3. The van der Waals surface area contributed by atoms with E-state index >= 15 is 0 Å². The van der Waals surface area contributed by atoms with Crippen LogP contribution in [0.3, 0.4) is 0 Å². The van der Waals surface area contributed by atoms with Crippen molar-refractivity contribution in [2.24, 2.45) is 5.92 Å². The zero-order valence-electron chi connectivity index (χ0n) is 15.0. The van der Waals surface area contributed by atoms with Gasteiger partial charge in [-0.05, 0) is 37.9 Å². The first-order valence-corrected chi connectivity index (χ1v) is 9.92. The number of hydrogen-bond donors (Lipinski definition) is 5. The summed E-state index contributed by atoms with van der Waals surface area (Å²) in [6, 6.07) is 8.05. The first kappa shape index (κ1) is 17.8. The lowest BCUT2D eigenvalue weighted by Crippen LogP contribution is -2.31. The third-order valence-electron chi connectivity index (χ3n) is 4.88. The normalized spacial score (nSPS) is 15.1. The molecule has 0 unspecified atom stereocenters. The van der Waals surface area contributed by atoms with Crippen molar-refractivity contribution >= 4 is 39.3 Å². The first-order chi connectivity index (χ1) is 13.2. The number of anilines is 2. The smallest absolute Gasteiger partial charge is 0.141 e. The minimum absolute atomic E-state index is 0.329. The second-order valence-corrected chi connectivity index (χ2v) is 7.74. The number of hydrogen-bond acceptors (Lipinski definition) is 7. The SMILES string of the molecule is N=C(Sc1c[nH]c2ccccc12)c1c(N)ncnc1NCC1CCNCC1. The van der Waals surface area contributed by atoms with Crippen molar-refractivity contribution in [2.45, 2.75) is 17.7 Å². The molecule has 6 N–H and O–H groups in total. The monoisotopic (exact) mass is 381 g/mol. The summed E-state index contributed by atoms with van der Waals surface area (Å²) < 4.78 is 0. The number of benzene rings is 1. The van der Waals surface area contributed by atoms with Gasteiger partial charge in [0.1, 0.15) is 23.0 Å². The Balaban J connectivity index is 1.54. The van der Waals surface area contributed by atoms with Crippen molar-refractivity contribution in [3.05, 3.63) is 42.4 Å². The van der Waals surface area contributed by atoms with Crippen LogP contribution in [-0.2, 0) is 0 Å². The van der Waals surface area contributed by atoms with Crippen molar-refractivity contribution in [2.75, 3.05) is 30.7 Å². The van der Waals surface area contributed by atoms with E-state index < -0.39 is 0 Å². The molecule has 0 saturated carbocycles. The molecule has 1 saturated heterocycles. The molecule has 0 bridgehead atoms. The van der Waals surface area contributed by atoms with Gasteiger partial charge in [0.05, 0.1) is 5.56 Å². The van der Waals surface area contributed by atoms with Crippen molar-refractivity contribution in [3.8, 4) is 0 Å². The number of aromatic amines is 1. The molecular weight excluding hydrogens is 358 g/mol. The number of nitrogens with two attached hydrogens (primary N) is 1. The number of para-hydroxylation sites is 1. The molecule has 8 heteroatoms. The topological polar surface area (TPSA) is 116 Å². The molecule has 0 spiro atoms.